The minimum absolute atomic E-state index is 0.0221. The SMILES string of the molecule is CCCNC(=O)CNc1ccc(Br)c2ccccc12. The Morgan fingerprint density at radius 3 is 2.63 bits per heavy atom. The molecule has 2 N–H and O–H groups in total. The summed E-state index contributed by atoms with van der Waals surface area (Å²) in [6.07, 6.45) is 0.951. The molecule has 0 radical (unpaired) electrons. The zero-order valence-corrected chi connectivity index (χ0v) is 12.5. The van der Waals surface area contributed by atoms with Gasteiger partial charge in [-0.15, -0.1) is 0 Å². The molecule has 2 rings (SSSR count). The normalized spacial score (nSPS) is 10.4. The Morgan fingerprint density at radius 2 is 1.89 bits per heavy atom. The quantitative estimate of drug-likeness (QED) is 0.884. The maximum atomic E-state index is 11.6. The van der Waals surface area contributed by atoms with Gasteiger partial charge in [0, 0.05) is 22.1 Å². The Morgan fingerprint density at radius 1 is 1.16 bits per heavy atom. The van der Waals surface area contributed by atoms with Crippen molar-refractivity contribution in [3.63, 3.8) is 0 Å². The summed E-state index contributed by atoms with van der Waals surface area (Å²) in [5.74, 6) is 0.0221. The van der Waals surface area contributed by atoms with Gasteiger partial charge >= 0.3 is 0 Å². The number of carbonyl (C=O) groups is 1. The molecule has 0 saturated heterocycles. The number of rotatable bonds is 5. The first-order valence-electron chi connectivity index (χ1n) is 6.40. The first kappa shape index (κ1) is 13.9. The molecular weight excluding hydrogens is 304 g/mol. The summed E-state index contributed by atoms with van der Waals surface area (Å²) >= 11 is 3.54. The molecule has 0 unspecified atom stereocenters. The van der Waals surface area contributed by atoms with Crippen molar-refractivity contribution in [3.05, 3.63) is 40.9 Å². The summed E-state index contributed by atoms with van der Waals surface area (Å²) in [4.78, 5) is 11.6. The molecular formula is C15H17BrN2O. The Balaban J connectivity index is 2.13. The van der Waals surface area contributed by atoms with E-state index in [1.807, 2.05) is 37.3 Å². The van der Waals surface area contributed by atoms with Crippen LogP contribution in [0.3, 0.4) is 0 Å². The Kier molecular flexibility index (Phi) is 4.80. The molecule has 0 aliphatic carbocycles. The van der Waals surface area contributed by atoms with Crippen LogP contribution in [0, 0.1) is 0 Å². The summed E-state index contributed by atoms with van der Waals surface area (Å²) in [6.45, 7) is 3.06. The lowest BCUT2D eigenvalue weighted by molar-refractivity contribution is -0.119. The van der Waals surface area contributed by atoms with Gasteiger partial charge in [-0.25, -0.2) is 0 Å². The largest absolute Gasteiger partial charge is 0.376 e. The van der Waals surface area contributed by atoms with Crippen LogP contribution in [0.4, 0.5) is 5.69 Å². The first-order chi connectivity index (χ1) is 9.22. The smallest absolute Gasteiger partial charge is 0.239 e. The standard InChI is InChI=1S/C15H17BrN2O/c1-2-9-17-15(19)10-18-14-8-7-13(16)11-5-3-4-6-12(11)14/h3-8,18H,2,9-10H2,1H3,(H,17,19). The highest BCUT2D eigenvalue weighted by Gasteiger charge is 2.05. The molecule has 100 valence electrons. The van der Waals surface area contributed by atoms with Crippen molar-refractivity contribution in [2.75, 3.05) is 18.4 Å². The van der Waals surface area contributed by atoms with Gasteiger partial charge in [0.2, 0.25) is 5.91 Å². The van der Waals surface area contributed by atoms with E-state index in [2.05, 4.69) is 32.6 Å². The van der Waals surface area contributed by atoms with Gasteiger partial charge in [0.25, 0.3) is 0 Å². The van der Waals surface area contributed by atoms with Gasteiger partial charge in [0.1, 0.15) is 0 Å². The summed E-state index contributed by atoms with van der Waals surface area (Å²) in [7, 11) is 0. The fourth-order valence-electron chi connectivity index (χ4n) is 1.92. The second kappa shape index (κ2) is 6.57. The van der Waals surface area contributed by atoms with E-state index in [9.17, 15) is 4.79 Å². The van der Waals surface area contributed by atoms with Crippen LogP contribution in [-0.2, 0) is 4.79 Å². The van der Waals surface area contributed by atoms with Crippen molar-refractivity contribution in [1.29, 1.82) is 0 Å². The second-order valence-corrected chi connectivity index (χ2v) is 5.20. The third-order valence-electron chi connectivity index (χ3n) is 2.88. The van der Waals surface area contributed by atoms with Crippen LogP contribution in [0.25, 0.3) is 10.8 Å². The number of amides is 1. The summed E-state index contributed by atoms with van der Waals surface area (Å²) in [6, 6.07) is 12.1. The van der Waals surface area contributed by atoms with E-state index in [0.29, 0.717) is 6.54 Å². The molecule has 3 nitrogen and oxygen atoms in total. The topological polar surface area (TPSA) is 41.1 Å². The van der Waals surface area contributed by atoms with E-state index in [1.165, 1.54) is 0 Å². The van der Waals surface area contributed by atoms with Crippen molar-refractivity contribution in [1.82, 2.24) is 5.32 Å². The molecule has 1 amide bonds. The highest BCUT2D eigenvalue weighted by molar-refractivity contribution is 9.10. The number of carbonyl (C=O) groups excluding carboxylic acids is 1. The molecule has 0 bridgehead atoms. The van der Waals surface area contributed by atoms with Crippen LogP contribution >= 0.6 is 15.9 Å². The molecule has 4 heteroatoms. The number of hydrogen-bond acceptors (Lipinski definition) is 2. The molecule has 0 spiro atoms. The monoisotopic (exact) mass is 320 g/mol. The van der Waals surface area contributed by atoms with Crippen LogP contribution in [0.15, 0.2) is 40.9 Å². The highest BCUT2D eigenvalue weighted by Crippen LogP contribution is 2.29. The Bertz CT molecular complexity index is 583. The molecule has 0 aliphatic heterocycles. The maximum absolute atomic E-state index is 11.6. The summed E-state index contributed by atoms with van der Waals surface area (Å²) in [5.41, 5.74) is 0.977. The predicted octanol–water partition coefficient (Wildman–Crippen LogP) is 3.54. The van der Waals surface area contributed by atoms with E-state index in [0.717, 1.165) is 33.9 Å². The highest BCUT2D eigenvalue weighted by atomic mass is 79.9. The Labute approximate surface area is 121 Å². The van der Waals surface area contributed by atoms with E-state index < -0.39 is 0 Å². The predicted molar refractivity (Wildman–Crippen MR) is 83.4 cm³/mol. The zero-order valence-electron chi connectivity index (χ0n) is 10.9. The second-order valence-electron chi connectivity index (χ2n) is 4.34. The lowest BCUT2D eigenvalue weighted by Crippen LogP contribution is -2.30. The number of benzene rings is 2. The van der Waals surface area contributed by atoms with Crippen LogP contribution in [-0.4, -0.2) is 19.0 Å². The van der Waals surface area contributed by atoms with Gasteiger partial charge in [-0.05, 0) is 23.9 Å². The minimum Gasteiger partial charge on any atom is -0.376 e. The van der Waals surface area contributed by atoms with E-state index >= 15 is 0 Å². The van der Waals surface area contributed by atoms with Crippen LogP contribution < -0.4 is 10.6 Å². The van der Waals surface area contributed by atoms with Gasteiger partial charge in [-0.1, -0.05) is 47.1 Å². The number of halogens is 1. The molecule has 2 aromatic carbocycles. The fraction of sp³-hybridized carbons (Fsp3) is 0.267. The average molecular weight is 321 g/mol. The summed E-state index contributed by atoms with van der Waals surface area (Å²) < 4.78 is 1.06. The molecule has 0 aliphatic rings. The number of nitrogens with one attached hydrogen (secondary N) is 2. The van der Waals surface area contributed by atoms with E-state index in [-0.39, 0.29) is 5.91 Å². The molecule has 0 aromatic heterocycles. The van der Waals surface area contributed by atoms with Crippen molar-refractivity contribution in [2.24, 2.45) is 0 Å². The molecule has 0 heterocycles. The third-order valence-corrected chi connectivity index (χ3v) is 3.57. The van der Waals surface area contributed by atoms with E-state index in [1.54, 1.807) is 0 Å². The van der Waals surface area contributed by atoms with Gasteiger partial charge < -0.3 is 10.6 Å². The fourth-order valence-corrected chi connectivity index (χ4v) is 2.40. The lowest BCUT2D eigenvalue weighted by atomic mass is 10.1. The minimum atomic E-state index is 0.0221. The maximum Gasteiger partial charge on any atom is 0.239 e. The Hall–Kier alpha value is -1.55. The number of anilines is 1. The zero-order chi connectivity index (χ0) is 13.7. The number of hydrogen-bond donors (Lipinski definition) is 2. The summed E-state index contributed by atoms with van der Waals surface area (Å²) in [5, 5.41) is 8.29. The molecule has 0 saturated carbocycles. The van der Waals surface area contributed by atoms with Crippen molar-refractivity contribution < 1.29 is 4.79 Å². The van der Waals surface area contributed by atoms with Gasteiger partial charge in [-0.2, -0.15) is 0 Å². The van der Waals surface area contributed by atoms with Gasteiger partial charge in [-0.3, -0.25) is 4.79 Å². The van der Waals surface area contributed by atoms with Crippen molar-refractivity contribution in [3.8, 4) is 0 Å². The van der Waals surface area contributed by atoms with Crippen LogP contribution in [0.5, 0.6) is 0 Å². The average Bonchev–Trinajstić information content (AvgIpc) is 2.45. The lowest BCUT2D eigenvalue weighted by Gasteiger charge is -2.11. The van der Waals surface area contributed by atoms with Crippen molar-refractivity contribution in [2.45, 2.75) is 13.3 Å². The molecule has 0 fully saturated rings. The van der Waals surface area contributed by atoms with Crippen molar-refractivity contribution >= 4 is 38.3 Å². The van der Waals surface area contributed by atoms with Gasteiger partial charge in [0.05, 0.1) is 6.54 Å². The number of fused-ring (bicyclic) bond motifs is 1. The van der Waals surface area contributed by atoms with E-state index in [4.69, 9.17) is 0 Å². The molecule has 19 heavy (non-hydrogen) atoms. The molecule has 2 aromatic rings. The van der Waals surface area contributed by atoms with Crippen LogP contribution in [0.2, 0.25) is 0 Å². The van der Waals surface area contributed by atoms with Crippen LogP contribution in [0.1, 0.15) is 13.3 Å². The molecule has 0 atom stereocenters. The first-order valence-corrected chi connectivity index (χ1v) is 7.19. The van der Waals surface area contributed by atoms with Gasteiger partial charge in [0.15, 0.2) is 0 Å². The third kappa shape index (κ3) is 3.47.